The van der Waals surface area contributed by atoms with Crippen LogP contribution in [0.3, 0.4) is 0 Å². The topological polar surface area (TPSA) is 52.6 Å². The highest BCUT2D eigenvalue weighted by molar-refractivity contribution is 14.1. The molecule has 4 nitrogen and oxygen atoms in total. The summed E-state index contributed by atoms with van der Waals surface area (Å²) in [7, 11) is 0. The first-order valence-corrected chi connectivity index (χ1v) is 13.5. The van der Waals surface area contributed by atoms with Gasteiger partial charge in [0.2, 0.25) is 0 Å². The lowest BCUT2D eigenvalue weighted by Gasteiger charge is -2.46. The lowest BCUT2D eigenvalue weighted by molar-refractivity contribution is -0.0785. The highest BCUT2D eigenvalue weighted by Gasteiger charge is 2.44. The Kier molecular flexibility index (Phi) is 7.60. The van der Waals surface area contributed by atoms with E-state index in [-0.39, 0.29) is 36.2 Å². The first-order chi connectivity index (χ1) is 17.7. The number of fused-ring (bicyclic) bond motifs is 1. The van der Waals surface area contributed by atoms with E-state index in [1.165, 1.54) is 34.2 Å². The Hall–Kier alpha value is -2.43. The molecule has 1 heterocycles. The van der Waals surface area contributed by atoms with Gasteiger partial charge in [0.1, 0.15) is 11.4 Å². The Balaban J connectivity index is 1.18. The van der Waals surface area contributed by atoms with E-state index in [9.17, 15) is 23.1 Å². The van der Waals surface area contributed by atoms with Crippen molar-refractivity contribution >= 4 is 28.5 Å². The Morgan fingerprint density at radius 1 is 1.08 bits per heavy atom. The highest BCUT2D eigenvalue weighted by Crippen LogP contribution is 2.35. The molecule has 1 saturated heterocycles. The summed E-state index contributed by atoms with van der Waals surface area (Å²) >= 11 is 1.96. The second-order valence-electron chi connectivity index (χ2n) is 10.1. The van der Waals surface area contributed by atoms with Gasteiger partial charge >= 0.3 is 0 Å². The summed E-state index contributed by atoms with van der Waals surface area (Å²) in [4.78, 5) is 14.6. The fourth-order valence-corrected chi connectivity index (χ4v) is 5.91. The number of halogens is 4. The third kappa shape index (κ3) is 5.56. The number of nitrogens with zero attached hydrogens (tertiary/aromatic N) is 1. The number of β-amino-alcohol motifs (C(OH)–C–C–N with tert-alkyl or cyclic N) is 1. The number of aryl methyl sites for hydroxylation is 1. The molecule has 0 bridgehead atoms. The zero-order valence-electron chi connectivity index (χ0n) is 20.2. The largest absolute Gasteiger partial charge is 0.385 e. The minimum absolute atomic E-state index is 0.0215. The van der Waals surface area contributed by atoms with Gasteiger partial charge in [0.15, 0.2) is 11.6 Å². The summed E-state index contributed by atoms with van der Waals surface area (Å²) < 4.78 is 43.9. The average Bonchev–Trinajstić information content (AvgIpc) is 3.27. The molecule has 3 aromatic carbocycles. The second-order valence-corrected chi connectivity index (χ2v) is 11.3. The summed E-state index contributed by atoms with van der Waals surface area (Å²) in [6.07, 6.45) is 2.96. The zero-order chi connectivity index (χ0) is 26.2. The van der Waals surface area contributed by atoms with E-state index in [2.05, 4.69) is 29.6 Å². The van der Waals surface area contributed by atoms with Crippen molar-refractivity contribution in [2.75, 3.05) is 26.2 Å². The van der Waals surface area contributed by atoms with Crippen molar-refractivity contribution in [3.05, 3.63) is 103 Å². The Morgan fingerprint density at radius 3 is 2.65 bits per heavy atom. The lowest BCUT2D eigenvalue weighted by Crippen LogP contribution is -2.67. The van der Waals surface area contributed by atoms with E-state index >= 15 is 0 Å². The van der Waals surface area contributed by atoms with Gasteiger partial charge in [-0.05, 0) is 95.3 Å². The molecule has 1 aliphatic carbocycles. The van der Waals surface area contributed by atoms with Crippen LogP contribution in [0, 0.1) is 21.0 Å². The van der Waals surface area contributed by atoms with Crippen molar-refractivity contribution in [2.45, 2.75) is 37.2 Å². The van der Waals surface area contributed by atoms with Crippen molar-refractivity contribution in [1.29, 1.82) is 0 Å². The number of aliphatic hydroxyl groups is 1. The summed E-state index contributed by atoms with van der Waals surface area (Å²) in [6.45, 7) is 1.26. The number of hydrogen-bond donors (Lipinski definition) is 2. The molecule has 3 aromatic rings. The molecule has 1 unspecified atom stereocenters. The van der Waals surface area contributed by atoms with Gasteiger partial charge < -0.3 is 15.3 Å². The smallest absolute Gasteiger partial charge is 0.254 e. The van der Waals surface area contributed by atoms with E-state index in [1.54, 1.807) is 6.07 Å². The molecule has 194 valence electrons. The normalized spacial score (nSPS) is 18.0. The van der Waals surface area contributed by atoms with Crippen molar-refractivity contribution in [1.82, 2.24) is 10.2 Å². The Morgan fingerprint density at radius 2 is 1.86 bits per heavy atom. The third-order valence-electron chi connectivity index (χ3n) is 7.45. The lowest BCUT2D eigenvalue weighted by atomic mass is 9.91. The SMILES string of the molecule is O=C(c1ccc(F)c(F)c1Cc1ccc(I)cc1F)N1CC(O)(CNCCC2CCc3ccccc32)C1. The molecular weight excluding hydrogens is 592 g/mol. The summed E-state index contributed by atoms with van der Waals surface area (Å²) in [5.74, 6) is -2.78. The number of hydrogen-bond acceptors (Lipinski definition) is 3. The molecule has 0 aromatic heterocycles. The fourth-order valence-electron chi connectivity index (χ4n) is 5.45. The summed E-state index contributed by atoms with van der Waals surface area (Å²) in [5, 5.41) is 14.2. The second kappa shape index (κ2) is 10.7. The molecule has 0 spiro atoms. The minimum Gasteiger partial charge on any atom is -0.385 e. The quantitative estimate of drug-likeness (QED) is 0.269. The van der Waals surface area contributed by atoms with E-state index in [4.69, 9.17) is 0 Å². The van der Waals surface area contributed by atoms with Crippen LogP contribution in [0.4, 0.5) is 13.2 Å². The Labute approximate surface area is 228 Å². The first kappa shape index (κ1) is 26.2. The van der Waals surface area contributed by atoms with Gasteiger partial charge in [-0.1, -0.05) is 30.3 Å². The number of nitrogens with one attached hydrogen (secondary N) is 1. The summed E-state index contributed by atoms with van der Waals surface area (Å²) in [6, 6.07) is 15.1. The van der Waals surface area contributed by atoms with E-state index in [1.807, 2.05) is 22.6 Å². The van der Waals surface area contributed by atoms with Crippen molar-refractivity contribution < 1.29 is 23.1 Å². The van der Waals surface area contributed by atoms with E-state index < -0.39 is 29.0 Å². The van der Waals surface area contributed by atoms with Gasteiger partial charge in [-0.3, -0.25) is 4.79 Å². The van der Waals surface area contributed by atoms with Crippen molar-refractivity contribution in [2.24, 2.45) is 0 Å². The number of carbonyl (C=O) groups is 1. The molecule has 0 radical (unpaired) electrons. The highest BCUT2D eigenvalue weighted by atomic mass is 127. The molecule has 1 amide bonds. The van der Waals surface area contributed by atoms with E-state index in [0.717, 1.165) is 31.9 Å². The van der Waals surface area contributed by atoms with Gasteiger partial charge in [-0.2, -0.15) is 0 Å². The van der Waals surface area contributed by atoms with Gasteiger partial charge in [-0.15, -0.1) is 0 Å². The number of rotatable bonds is 8. The number of carbonyl (C=O) groups excluding carboxylic acids is 1. The van der Waals surface area contributed by atoms with Gasteiger partial charge in [-0.25, -0.2) is 13.2 Å². The summed E-state index contributed by atoms with van der Waals surface area (Å²) in [5.41, 5.74) is 1.72. The molecule has 1 fully saturated rings. The maximum Gasteiger partial charge on any atom is 0.254 e. The van der Waals surface area contributed by atoms with Crippen LogP contribution >= 0.6 is 22.6 Å². The maximum atomic E-state index is 14.8. The molecule has 1 aliphatic heterocycles. The van der Waals surface area contributed by atoms with Gasteiger partial charge in [0.25, 0.3) is 5.91 Å². The van der Waals surface area contributed by atoms with Crippen LogP contribution in [0.2, 0.25) is 0 Å². The number of benzene rings is 3. The van der Waals surface area contributed by atoms with Crippen LogP contribution in [-0.2, 0) is 12.8 Å². The molecule has 2 N–H and O–H groups in total. The van der Waals surface area contributed by atoms with Crippen LogP contribution < -0.4 is 5.32 Å². The maximum absolute atomic E-state index is 14.8. The van der Waals surface area contributed by atoms with Crippen LogP contribution in [-0.4, -0.2) is 47.7 Å². The van der Waals surface area contributed by atoms with Crippen LogP contribution in [0.25, 0.3) is 0 Å². The molecule has 2 aliphatic rings. The van der Waals surface area contributed by atoms with Crippen LogP contribution in [0.5, 0.6) is 0 Å². The molecule has 1 atom stereocenters. The molecule has 0 saturated carbocycles. The van der Waals surface area contributed by atoms with Crippen molar-refractivity contribution in [3.8, 4) is 0 Å². The van der Waals surface area contributed by atoms with Gasteiger partial charge in [0.05, 0.1) is 13.1 Å². The number of amides is 1. The standard InChI is InChI=1S/C29H28F3IN2O2/c30-25-10-9-23(24(27(25)32)13-20-7-8-21(33)14-26(20)31)28(36)35-16-29(37,17-35)15-34-12-11-19-6-5-18-3-1-2-4-22(18)19/h1-4,7-10,14,19,34,37H,5-6,11-13,15-17H2. The third-order valence-corrected chi connectivity index (χ3v) is 8.12. The predicted molar refractivity (Wildman–Crippen MR) is 144 cm³/mol. The van der Waals surface area contributed by atoms with Crippen molar-refractivity contribution in [3.63, 3.8) is 0 Å². The molecule has 8 heteroatoms. The van der Waals surface area contributed by atoms with Crippen LogP contribution in [0.1, 0.15) is 51.4 Å². The Bertz CT molecular complexity index is 1330. The van der Waals surface area contributed by atoms with E-state index in [0.29, 0.717) is 16.0 Å². The molecule has 5 rings (SSSR count). The predicted octanol–water partition coefficient (Wildman–Crippen LogP) is 5.20. The molecule has 37 heavy (non-hydrogen) atoms. The number of likely N-dealkylation sites (tertiary alicyclic amines) is 1. The van der Waals surface area contributed by atoms with Crippen LogP contribution in [0.15, 0.2) is 54.6 Å². The zero-order valence-corrected chi connectivity index (χ0v) is 22.4. The monoisotopic (exact) mass is 620 g/mol. The average molecular weight is 620 g/mol. The minimum atomic E-state index is -1.16. The fraction of sp³-hybridized carbons (Fsp3) is 0.345. The first-order valence-electron chi connectivity index (χ1n) is 12.4. The van der Waals surface area contributed by atoms with Gasteiger partial charge in [0, 0.05) is 27.7 Å². The molecular formula is C29H28F3IN2O2.